The van der Waals surface area contributed by atoms with Crippen LogP contribution in [0.1, 0.15) is 12.8 Å². The lowest BCUT2D eigenvalue weighted by atomic mass is 9.88. The molecule has 3 saturated heterocycles. The molecule has 15 heavy (non-hydrogen) atoms. The highest BCUT2D eigenvalue weighted by Gasteiger charge is 2.67. The Morgan fingerprint density at radius 1 is 1.60 bits per heavy atom. The summed E-state index contributed by atoms with van der Waals surface area (Å²) in [7, 11) is 0. The van der Waals surface area contributed by atoms with Crippen LogP contribution in [0.4, 0.5) is 0 Å². The van der Waals surface area contributed by atoms with E-state index in [1.165, 1.54) is 0 Å². The summed E-state index contributed by atoms with van der Waals surface area (Å²) in [5.41, 5.74) is 0. The Hall–Kier alpha value is -1.36. The van der Waals surface area contributed by atoms with Crippen LogP contribution in [-0.4, -0.2) is 29.9 Å². The Morgan fingerprint density at radius 2 is 2.40 bits per heavy atom. The van der Waals surface area contributed by atoms with E-state index >= 15 is 0 Å². The fourth-order valence-electron chi connectivity index (χ4n) is 2.61. The molecule has 0 aromatic rings. The van der Waals surface area contributed by atoms with Gasteiger partial charge in [0, 0.05) is 12.5 Å². The molecule has 0 aromatic carbocycles. The van der Waals surface area contributed by atoms with Crippen LogP contribution in [-0.2, 0) is 23.8 Å². The highest BCUT2D eigenvalue weighted by molar-refractivity contribution is 5.82. The van der Waals surface area contributed by atoms with E-state index in [-0.39, 0.29) is 24.1 Å². The fraction of sp³-hybridized carbons (Fsp3) is 0.600. The minimum atomic E-state index is -0.947. The molecule has 5 heteroatoms. The van der Waals surface area contributed by atoms with Crippen molar-refractivity contribution in [1.29, 1.82) is 0 Å². The first-order valence-corrected chi connectivity index (χ1v) is 4.87. The molecular formula is C10H10O5. The van der Waals surface area contributed by atoms with Crippen LogP contribution < -0.4 is 0 Å². The van der Waals surface area contributed by atoms with Gasteiger partial charge >= 0.3 is 11.9 Å². The van der Waals surface area contributed by atoms with E-state index < -0.39 is 11.8 Å². The van der Waals surface area contributed by atoms with E-state index in [9.17, 15) is 9.59 Å². The van der Waals surface area contributed by atoms with Gasteiger partial charge in [-0.15, -0.1) is 0 Å². The molecule has 4 atom stereocenters. The SMILES string of the molecule is C=CC(=O)OC12CC3OC(=O)C(C1)C3O2. The van der Waals surface area contributed by atoms with Gasteiger partial charge in [-0.1, -0.05) is 6.58 Å². The van der Waals surface area contributed by atoms with E-state index in [1.807, 2.05) is 0 Å². The van der Waals surface area contributed by atoms with Crippen molar-refractivity contribution >= 4 is 11.9 Å². The molecule has 0 aliphatic carbocycles. The number of carbonyl (C=O) groups excluding carboxylic acids is 2. The largest absolute Gasteiger partial charge is 0.459 e. The molecule has 3 aliphatic heterocycles. The van der Waals surface area contributed by atoms with Crippen LogP contribution in [0.3, 0.4) is 0 Å². The summed E-state index contributed by atoms with van der Waals surface area (Å²) >= 11 is 0. The lowest BCUT2D eigenvalue weighted by Crippen LogP contribution is -2.34. The average Bonchev–Trinajstić information content (AvgIpc) is 2.75. The maximum absolute atomic E-state index is 11.3. The number of carbonyl (C=O) groups is 2. The van der Waals surface area contributed by atoms with E-state index in [0.717, 1.165) is 6.08 Å². The van der Waals surface area contributed by atoms with E-state index in [4.69, 9.17) is 14.2 Å². The first-order valence-electron chi connectivity index (χ1n) is 4.87. The second-order valence-corrected chi connectivity index (χ2v) is 4.11. The Bertz CT molecular complexity index is 359. The smallest absolute Gasteiger partial charge is 0.332 e. The standard InChI is InChI=1S/C10H10O5/c1-2-7(11)14-10-3-5-8(15-10)6(4-10)13-9(5)12/h2,5-6,8H,1,3-4H2. The summed E-state index contributed by atoms with van der Waals surface area (Å²) in [6.45, 7) is 3.32. The highest BCUT2D eigenvalue weighted by atomic mass is 16.7. The number of hydrogen-bond donors (Lipinski definition) is 0. The van der Waals surface area contributed by atoms with Crippen LogP contribution in [0, 0.1) is 5.92 Å². The lowest BCUT2D eigenvalue weighted by molar-refractivity contribution is -0.200. The summed E-state index contributed by atoms with van der Waals surface area (Å²) in [6, 6.07) is 0. The molecule has 0 spiro atoms. The molecule has 0 aromatic heterocycles. The predicted octanol–water partition coefficient (Wildman–Crippen LogP) is 0.146. The van der Waals surface area contributed by atoms with Crippen molar-refractivity contribution in [3.05, 3.63) is 12.7 Å². The van der Waals surface area contributed by atoms with E-state index in [1.54, 1.807) is 0 Å². The highest BCUT2D eigenvalue weighted by Crippen LogP contribution is 2.53. The molecule has 4 unspecified atom stereocenters. The van der Waals surface area contributed by atoms with E-state index in [0.29, 0.717) is 12.8 Å². The van der Waals surface area contributed by atoms with E-state index in [2.05, 4.69) is 6.58 Å². The maximum Gasteiger partial charge on any atom is 0.332 e. The summed E-state index contributed by atoms with van der Waals surface area (Å²) in [5.74, 6) is -1.97. The molecule has 3 rings (SSSR count). The molecule has 80 valence electrons. The number of esters is 2. The molecule has 5 nitrogen and oxygen atoms in total. The molecule has 0 amide bonds. The van der Waals surface area contributed by atoms with Gasteiger partial charge in [0.15, 0.2) is 0 Å². The summed E-state index contributed by atoms with van der Waals surface area (Å²) in [5, 5.41) is 0. The van der Waals surface area contributed by atoms with Crippen LogP contribution in [0.15, 0.2) is 12.7 Å². The topological polar surface area (TPSA) is 61.8 Å². The van der Waals surface area contributed by atoms with Crippen LogP contribution in [0.25, 0.3) is 0 Å². The average molecular weight is 210 g/mol. The van der Waals surface area contributed by atoms with Gasteiger partial charge in [-0.05, 0) is 0 Å². The number of ether oxygens (including phenoxy) is 3. The molecule has 0 saturated carbocycles. The molecule has 3 fully saturated rings. The Labute approximate surface area is 86.0 Å². The van der Waals surface area contributed by atoms with Crippen molar-refractivity contribution in [2.75, 3.05) is 0 Å². The minimum Gasteiger partial charge on any atom is -0.459 e. The summed E-state index contributed by atoms with van der Waals surface area (Å²) in [6.07, 6.45) is 1.48. The van der Waals surface area contributed by atoms with Crippen LogP contribution in [0.2, 0.25) is 0 Å². The quantitative estimate of drug-likeness (QED) is 0.479. The van der Waals surface area contributed by atoms with Gasteiger partial charge in [-0.3, -0.25) is 4.79 Å². The molecule has 0 radical (unpaired) electrons. The monoisotopic (exact) mass is 210 g/mol. The van der Waals surface area contributed by atoms with Crippen molar-refractivity contribution in [1.82, 2.24) is 0 Å². The van der Waals surface area contributed by atoms with Crippen LogP contribution in [0.5, 0.6) is 0 Å². The Balaban J connectivity index is 1.84. The van der Waals surface area contributed by atoms with Crippen molar-refractivity contribution in [3.8, 4) is 0 Å². The Morgan fingerprint density at radius 3 is 3.00 bits per heavy atom. The first kappa shape index (κ1) is 8.91. The fourth-order valence-corrected chi connectivity index (χ4v) is 2.61. The van der Waals surface area contributed by atoms with Gasteiger partial charge in [0.25, 0.3) is 0 Å². The normalized spacial score (nSPS) is 45.3. The van der Waals surface area contributed by atoms with Crippen molar-refractivity contribution in [3.63, 3.8) is 0 Å². The molecule has 3 heterocycles. The zero-order valence-corrected chi connectivity index (χ0v) is 7.97. The predicted molar refractivity (Wildman–Crippen MR) is 46.5 cm³/mol. The zero-order valence-electron chi connectivity index (χ0n) is 7.97. The van der Waals surface area contributed by atoms with Gasteiger partial charge in [0.1, 0.15) is 12.2 Å². The third-order valence-corrected chi connectivity index (χ3v) is 3.18. The minimum absolute atomic E-state index is 0.227. The van der Waals surface area contributed by atoms with Crippen molar-refractivity contribution in [2.45, 2.75) is 30.8 Å². The zero-order chi connectivity index (χ0) is 10.6. The molecular weight excluding hydrogens is 200 g/mol. The van der Waals surface area contributed by atoms with Crippen LogP contribution >= 0.6 is 0 Å². The number of hydrogen-bond acceptors (Lipinski definition) is 5. The van der Waals surface area contributed by atoms with Crippen molar-refractivity contribution < 1.29 is 23.8 Å². The number of fused-ring (bicyclic) bond motifs is 1. The van der Waals surface area contributed by atoms with Gasteiger partial charge in [-0.2, -0.15) is 0 Å². The molecule has 0 N–H and O–H groups in total. The first-order chi connectivity index (χ1) is 7.13. The summed E-state index contributed by atoms with van der Waals surface area (Å²) < 4.78 is 15.8. The van der Waals surface area contributed by atoms with Gasteiger partial charge in [0.2, 0.25) is 5.79 Å². The van der Waals surface area contributed by atoms with Crippen molar-refractivity contribution in [2.24, 2.45) is 5.92 Å². The number of rotatable bonds is 2. The third-order valence-electron chi connectivity index (χ3n) is 3.18. The second-order valence-electron chi connectivity index (χ2n) is 4.11. The molecule has 2 bridgehead atoms. The Kier molecular flexibility index (Phi) is 1.55. The second kappa shape index (κ2) is 2.61. The van der Waals surface area contributed by atoms with Gasteiger partial charge < -0.3 is 14.2 Å². The van der Waals surface area contributed by atoms with Gasteiger partial charge in [-0.25, -0.2) is 4.79 Å². The summed E-state index contributed by atoms with van der Waals surface area (Å²) in [4.78, 5) is 22.4. The third kappa shape index (κ3) is 1.07. The lowest BCUT2D eigenvalue weighted by Gasteiger charge is -2.23. The van der Waals surface area contributed by atoms with Gasteiger partial charge in [0.05, 0.1) is 12.3 Å². The molecule has 3 aliphatic rings. The maximum atomic E-state index is 11.3.